The van der Waals surface area contributed by atoms with E-state index in [9.17, 15) is 19.5 Å². The van der Waals surface area contributed by atoms with E-state index in [2.05, 4.69) is 28.2 Å². The summed E-state index contributed by atoms with van der Waals surface area (Å²) in [5, 5.41) is 16.7. The summed E-state index contributed by atoms with van der Waals surface area (Å²) in [5.74, 6) is -1.88. The van der Waals surface area contributed by atoms with Gasteiger partial charge in [-0.1, -0.05) is 38.8 Å². The molecule has 2 amide bonds. The molecular formula is C23H29N3O4S2. The summed E-state index contributed by atoms with van der Waals surface area (Å²) in [5.41, 5.74) is 0.429. The lowest BCUT2D eigenvalue weighted by Gasteiger charge is -2.32. The maximum Gasteiger partial charge on any atom is 0.326 e. The number of nitrogens with zero attached hydrogens (tertiary/aromatic N) is 1. The number of aliphatic carboxylic acids is 1. The highest BCUT2D eigenvalue weighted by atomic mass is 32.1. The van der Waals surface area contributed by atoms with Crippen molar-refractivity contribution in [3.05, 3.63) is 41.4 Å². The monoisotopic (exact) mass is 475 g/mol. The number of thiol groups is 1. The van der Waals surface area contributed by atoms with Crippen LogP contribution in [-0.4, -0.2) is 44.7 Å². The molecule has 1 fully saturated rings. The van der Waals surface area contributed by atoms with Gasteiger partial charge in [-0.25, -0.2) is 4.79 Å². The van der Waals surface area contributed by atoms with Crippen molar-refractivity contribution in [3.63, 3.8) is 0 Å². The average Bonchev–Trinajstić information content (AvgIpc) is 3.46. The zero-order valence-electron chi connectivity index (χ0n) is 18.2. The van der Waals surface area contributed by atoms with Crippen molar-refractivity contribution in [1.82, 2.24) is 15.6 Å². The molecule has 1 aliphatic carbocycles. The highest BCUT2D eigenvalue weighted by Gasteiger charge is 2.44. The Kier molecular flexibility index (Phi) is 7.95. The van der Waals surface area contributed by atoms with Gasteiger partial charge in [0.25, 0.3) is 0 Å². The van der Waals surface area contributed by atoms with Crippen LogP contribution in [0.25, 0.3) is 10.6 Å². The smallest absolute Gasteiger partial charge is 0.326 e. The molecule has 2 aromatic rings. The molecule has 1 aliphatic rings. The topological polar surface area (TPSA) is 108 Å². The van der Waals surface area contributed by atoms with Gasteiger partial charge >= 0.3 is 5.97 Å². The number of nitrogens with one attached hydrogen (secondary N) is 2. The molecule has 2 atom stereocenters. The summed E-state index contributed by atoms with van der Waals surface area (Å²) >= 11 is 5.93. The molecule has 1 unspecified atom stereocenters. The Morgan fingerprint density at radius 3 is 2.47 bits per heavy atom. The quantitative estimate of drug-likeness (QED) is 0.416. The summed E-state index contributed by atoms with van der Waals surface area (Å²) in [6.07, 6.45) is 4.28. The Labute approximate surface area is 197 Å². The number of hydrogen-bond acceptors (Lipinski definition) is 6. The van der Waals surface area contributed by atoms with E-state index in [1.54, 1.807) is 17.5 Å². The van der Waals surface area contributed by atoms with Crippen LogP contribution in [0.5, 0.6) is 0 Å². The predicted octanol–water partition coefficient (Wildman–Crippen LogP) is 3.31. The van der Waals surface area contributed by atoms with Crippen LogP contribution >= 0.6 is 24.0 Å². The molecule has 1 saturated carbocycles. The van der Waals surface area contributed by atoms with Crippen molar-refractivity contribution in [1.29, 1.82) is 0 Å². The molecule has 172 valence electrons. The molecule has 3 rings (SSSR count). The number of pyridine rings is 1. The molecule has 0 radical (unpaired) electrons. The summed E-state index contributed by atoms with van der Waals surface area (Å²) in [6, 6.07) is 6.46. The van der Waals surface area contributed by atoms with Crippen LogP contribution in [0.1, 0.15) is 45.1 Å². The fourth-order valence-corrected chi connectivity index (χ4v) is 4.61. The zero-order valence-corrected chi connectivity index (χ0v) is 19.9. The van der Waals surface area contributed by atoms with Gasteiger partial charge in [-0.05, 0) is 41.8 Å². The number of carboxylic acids is 1. The molecule has 9 heteroatoms. The highest BCUT2D eigenvalue weighted by molar-refractivity contribution is 7.81. The second-order valence-corrected chi connectivity index (χ2v) is 10.1. The van der Waals surface area contributed by atoms with E-state index in [0.717, 1.165) is 23.4 Å². The second kappa shape index (κ2) is 10.5. The van der Waals surface area contributed by atoms with Crippen LogP contribution < -0.4 is 10.6 Å². The van der Waals surface area contributed by atoms with Gasteiger partial charge in [0.05, 0.1) is 15.8 Å². The van der Waals surface area contributed by atoms with Gasteiger partial charge in [0.2, 0.25) is 11.8 Å². The first kappa shape index (κ1) is 24.3. The minimum atomic E-state index is -1.13. The van der Waals surface area contributed by atoms with Gasteiger partial charge in [-0.15, -0.1) is 11.3 Å². The lowest BCUT2D eigenvalue weighted by Crippen LogP contribution is -2.61. The van der Waals surface area contributed by atoms with Crippen LogP contribution in [-0.2, 0) is 20.8 Å². The fourth-order valence-electron chi connectivity index (χ4n) is 3.85. The molecular weight excluding hydrogens is 446 g/mol. The third-order valence-corrected chi connectivity index (χ3v) is 7.52. The van der Waals surface area contributed by atoms with E-state index in [4.69, 9.17) is 0 Å². The van der Waals surface area contributed by atoms with Crippen molar-refractivity contribution < 1.29 is 19.5 Å². The van der Waals surface area contributed by atoms with E-state index in [1.807, 2.05) is 43.5 Å². The molecule has 0 aromatic carbocycles. The number of aromatic nitrogens is 1. The summed E-state index contributed by atoms with van der Waals surface area (Å²) in [4.78, 5) is 43.1. The van der Waals surface area contributed by atoms with Crippen LogP contribution in [0.2, 0.25) is 0 Å². The number of rotatable bonds is 9. The molecule has 0 saturated heterocycles. The minimum Gasteiger partial charge on any atom is -0.480 e. The van der Waals surface area contributed by atoms with E-state index >= 15 is 0 Å². The second-order valence-electron chi connectivity index (χ2n) is 8.56. The molecule has 2 heterocycles. The molecule has 7 nitrogen and oxygen atoms in total. The number of carbonyl (C=O) groups is 3. The Morgan fingerprint density at radius 1 is 1.22 bits per heavy atom. The average molecular weight is 476 g/mol. The van der Waals surface area contributed by atoms with Crippen molar-refractivity contribution in [2.45, 2.75) is 62.8 Å². The lowest BCUT2D eigenvalue weighted by molar-refractivity contribution is -0.143. The Hall–Kier alpha value is -2.39. The molecule has 0 aliphatic heterocycles. The van der Waals surface area contributed by atoms with Crippen molar-refractivity contribution in [2.24, 2.45) is 5.92 Å². The highest BCUT2D eigenvalue weighted by Crippen LogP contribution is 2.31. The first-order valence-corrected chi connectivity index (χ1v) is 12.1. The van der Waals surface area contributed by atoms with Gasteiger partial charge in [-0.2, -0.15) is 12.6 Å². The van der Waals surface area contributed by atoms with Crippen LogP contribution in [0.4, 0.5) is 0 Å². The number of thiophene rings is 1. The SMILES string of the molecule is CC(C)[C@H](S)C(=O)NC1(C(=O)NC(Cc2ccc(-c3cccs3)nc2)C(=O)O)CCCC1. The van der Waals surface area contributed by atoms with Gasteiger partial charge in [0.1, 0.15) is 11.6 Å². The Bertz CT molecular complexity index is 939. The Morgan fingerprint density at radius 2 is 1.94 bits per heavy atom. The van der Waals surface area contributed by atoms with Gasteiger partial charge in [-0.3, -0.25) is 14.6 Å². The summed E-state index contributed by atoms with van der Waals surface area (Å²) in [6.45, 7) is 3.77. The zero-order chi connectivity index (χ0) is 23.3. The number of hydrogen-bond donors (Lipinski definition) is 4. The lowest BCUT2D eigenvalue weighted by atomic mass is 9.94. The maximum atomic E-state index is 13.2. The number of amides is 2. The van der Waals surface area contributed by atoms with Crippen molar-refractivity contribution in [2.75, 3.05) is 0 Å². The largest absolute Gasteiger partial charge is 0.480 e. The molecule has 2 aromatic heterocycles. The summed E-state index contributed by atoms with van der Waals surface area (Å²) < 4.78 is 0. The van der Waals surface area contributed by atoms with Gasteiger partial charge in [0, 0.05) is 12.6 Å². The standard InChI is InChI=1S/C23H29N3O4S2/c1-14(2)19(31)20(27)26-23(9-3-4-10-23)22(30)25-17(21(28)29)12-15-7-8-16(24-13-15)18-6-5-11-32-18/h5-8,11,13-14,17,19,31H,3-4,9-10,12H2,1-2H3,(H,25,30)(H,26,27)(H,28,29)/t17?,19-/m0/s1. The Balaban J connectivity index is 1.70. The summed E-state index contributed by atoms with van der Waals surface area (Å²) in [7, 11) is 0. The molecule has 0 bridgehead atoms. The molecule has 0 spiro atoms. The first-order chi connectivity index (χ1) is 15.2. The normalized spacial score (nSPS) is 17.0. The van der Waals surface area contributed by atoms with E-state index in [1.165, 1.54) is 0 Å². The van der Waals surface area contributed by atoms with Crippen molar-refractivity contribution >= 4 is 41.7 Å². The van der Waals surface area contributed by atoms with E-state index in [0.29, 0.717) is 18.4 Å². The fraction of sp³-hybridized carbons (Fsp3) is 0.478. The minimum absolute atomic E-state index is 0.0104. The number of carbonyl (C=O) groups excluding carboxylic acids is 2. The van der Waals surface area contributed by atoms with E-state index < -0.39 is 28.7 Å². The number of carboxylic acid groups (broad SMARTS) is 1. The third kappa shape index (κ3) is 5.69. The predicted molar refractivity (Wildman–Crippen MR) is 128 cm³/mol. The third-order valence-electron chi connectivity index (χ3n) is 5.80. The van der Waals surface area contributed by atoms with Crippen LogP contribution in [0, 0.1) is 5.92 Å². The maximum absolute atomic E-state index is 13.2. The molecule has 3 N–H and O–H groups in total. The van der Waals surface area contributed by atoms with Crippen LogP contribution in [0.15, 0.2) is 35.8 Å². The van der Waals surface area contributed by atoms with Gasteiger partial charge < -0.3 is 15.7 Å². The van der Waals surface area contributed by atoms with Crippen LogP contribution in [0.3, 0.4) is 0 Å². The van der Waals surface area contributed by atoms with Gasteiger partial charge in [0.15, 0.2) is 0 Å². The molecule has 32 heavy (non-hydrogen) atoms. The first-order valence-electron chi connectivity index (χ1n) is 10.7. The van der Waals surface area contributed by atoms with Crippen molar-refractivity contribution in [3.8, 4) is 10.6 Å². The van der Waals surface area contributed by atoms with E-state index in [-0.39, 0.29) is 18.2 Å².